The largest absolute Gasteiger partial charge is 0.468 e. The Balaban J connectivity index is 1.77. The number of hydrogen-bond donors (Lipinski definition) is 1. The van der Waals surface area contributed by atoms with Crippen molar-refractivity contribution in [3.63, 3.8) is 0 Å². The molecule has 0 radical (unpaired) electrons. The number of dihydropyridines is 1. The lowest BCUT2D eigenvalue weighted by atomic mass is 9.69. The molecule has 3 atom stereocenters. The van der Waals surface area contributed by atoms with Crippen LogP contribution in [0.25, 0.3) is 0 Å². The molecule has 194 valence electrons. The van der Waals surface area contributed by atoms with Gasteiger partial charge in [0.1, 0.15) is 12.0 Å². The minimum absolute atomic E-state index is 0.114. The van der Waals surface area contributed by atoms with Gasteiger partial charge in [-0.05, 0) is 62.6 Å². The number of nitrogens with one attached hydrogen (secondary N) is 1. The number of ether oxygens (including phenoxy) is 2. The quantitative estimate of drug-likeness (QED) is 0.363. The summed E-state index contributed by atoms with van der Waals surface area (Å²) in [4.78, 5) is 42.2. The van der Waals surface area contributed by atoms with E-state index in [1.807, 2.05) is 57.1 Å². The van der Waals surface area contributed by atoms with E-state index in [4.69, 9.17) is 9.47 Å². The van der Waals surface area contributed by atoms with Gasteiger partial charge in [0.25, 0.3) is 0 Å². The zero-order chi connectivity index (χ0) is 26.0. The van der Waals surface area contributed by atoms with Gasteiger partial charge in [0.15, 0.2) is 5.78 Å². The number of methoxy groups -OCH3 is 1. The Morgan fingerprint density at radius 3 is 2.25 bits per heavy atom. The molecule has 2 aliphatic carbocycles. The molecule has 0 saturated heterocycles. The van der Waals surface area contributed by atoms with E-state index in [1.54, 1.807) is 0 Å². The van der Waals surface area contributed by atoms with Crippen LogP contribution in [0.1, 0.15) is 70.3 Å². The molecule has 1 aliphatic heterocycles. The molecule has 1 saturated carbocycles. The van der Waals surface area contributed by atoms with Crippen LogP contribution in [0, 0.1) is 11.8 Å². The average molecular weight is 495 g/mol. The van der Waals surface area contributed by atoms with E-state index >= 15 is 0 Å². The molecule has 0 amide bonds. The molecule has 0 bridgehead atoms. The summed E-state index contributed by atoms with van der Waals surface area (Å²) in [7, 11) is 5.24. The predicted molar refractivity (Wildman–Crippen MR) is 138 cm³/mol. The number of benzene rings is 1. The highest BCUT2D eigenvalue weighted by Crippen LogP contribution is 2.46. The highest BCUT2D eigenvalue weighted by Gasteiger charge is 2.47. The second-order valence-corrected chi connectivity index (χ2v) is 10.5. The number of rotatable bonds is 5. The maximum atomic E-state index is 13.9. The second-order valence-electron chi connectivity index (χ2n) is 10.5. The van der Waals surface area contributed by atoms with Crippen molar-refractivity contribution in [2.45, 2.75) is 70.8 Å². The fraction of sp³-hybridized carbons (Fsp3) is 0.552. The topological polar surface area (TPSA) is 84.9 Å². The SMILES string of the molecule is COC(=O)[C@H]1C(=O)C2=C(C[C@@H]1C)NC(C)=C(C(=O)OC1CCCCCC1)[C@@H]2c1ccc(N(C)C)cc1. The number of anilines is 1. The first-order valence-corrected chi connectivity index (χ1v) is 13.0. The highest BCUT2D eigenvalue weighted by atomic mass is 16.5. The smallest absolute Gasteiger partial charge is 0.337 e. The first-order valence-electron chi connectivity index (χ1n) is 13.0. The van der Waals surface area contributed by atoms with E-state index in [-0.39, 0.29) is 23.8 Å². The van der Waals surface area contributed by atoms with Crippen LogP contribution in [0.5, 0.6) is 0 Å². The second kappa shape index (κ2) is 10.9. The highest BCUT2D eigenvalue weighted by molar-refractivity contribution is 6.12. The summed E-state index contributed by atoms with van der Waals surface area (Å²) >= 11 is 0. The number of allylic oxidation sites excluding steroid dienone is 3. The van der Waals surface area contributed by atoms with Gasteiger partial charge in [-0.3, -0.25) is 9.59 Å². The summed E-state index contributed by atoms with van der Waals surface area (Å²) in [5, 5.41) is 3.34. The van der Waals surface area contributed by atoms with Crippen LogP contribution in [-0.4, -0.2) is 45.0 Å². The summed E-state index contributed by atoms with van der Waals surface area (Å²) < 4.78 is 11.0. The van der Waals surface area contributed by atoms with Crippen molar-refractivity contribution in [1.82, 2.24) is 5.32 Å². The number of esters is 2. The number of carbonyl (C=O) groups is 3. The Hall–Kier alpha value is -3.09. The van der Waals surface area contributed by atoms with Crippen molar-refractivity contribution in [2.75, 3.05) is 26.1 Å². The van der Waals surface area contributed by atoms with Gasteiger partial charge in [-0.1, -0.05) is 31.9 Å². The maximum Gasteiger partial charge on any atom is 0.337 e. The van der Waals surface area contributed by atoms with E-state index in [2.05, 4.69) is 5.32 Å². The fourth-order valence-corrected chi connectivity index (χ4v) is 5.82. The molecule has 3 aliphatic rings. The number of hydrogen-bond acceptors (Lipinski definition) is 7. The van der Waals surface area contributed by atoms with Crippen molar-refractivity contribution < 1.29 is 23.9 Å². The number of ketones is 1. The molecule has 0 spiro atoms. The average Bonchev–Trinajstić information content (AvgIpc) is 3.11. The van der Waals surface area contributed by atoms with Crippen molar-refractivity contribution in [3.05, 3.63) is 52.4 Å². The third kappa shape index (κ3) is 5.06. The van der Waals surface area contributed by atoms with Crippen molar-refractivity contribution in [3.8, 4) is 0 Å². The van der Waals surface area contributed by atoms with Gasteiger partial charge in [-0.2, -0.15) is 0 Å². The van der Waals surface area contributed by atoms with E-state index < -0.39 is 17.8 Å². The fourth-order valence-electron chi connectivity index (χ4n) is 5.82. The van der Waals surface area contributed by atoms with Crippen LogP contribution in [0.4, 0.5) is 5.69 Å². The number of Topliss-reactive ketones (excluding diaryl/α,β-unsaturated/α-hetero) is 1. The molecular formula is C29H38N2O5. The Labute approximate surface area is 213 Å². The maximum absolute atomic E-state index is 13.9. The first-order chi connectivity index (χ1) is 17.2. The van der Waals surface area contributed by atoms with E-state index in [0.29, 0.717) is 23.3 Å². The Kier molecular flexibility index (Phi) is 7.86. The molecule has 7 nitrogen and oxygen atoms in total. The van der Waals surface area contributed by atoms with Crippen molar-refractivity contribution >= 4 is 23.4 Å². The zero-order valence-electron chi connectivity index (χ0n) is 22.1. The van der Waals surface area contributed by atoms with Gasteiger partial charge >= 0.3 is 11.9 Å². The normalized spacial score (nSPS) is 25.0. The Bertz CT molecular complexity index is 1080. The van der Waals surface area contributed by atoms with Gasteiger partial charge in [-0.15, -0.1) is 0 Å². The van der Waals surface area contributed by atoms with Gasteiger partial charge in [0, 0.05) is 42.7 Å². The molecule has 1 fully saturated rings. The van der Waals surface area contributed by atoms with E-state index in [9.17, 15) is 14.4 Å². The summed E-state index contributed by atoms with van der Waals surface area (Å²) in [6.07, 6.45) is 6.57. The van der Waals surface area contributed by atoms with Crippen LogP contribution in [0.15, 0.2) is 46.8 Å². The molecule has 0 aromatic heterocycles. The van der Waals surface area contributed by atoms with Gasteiger partial charge < -0.3 is 19.7 Å². The predicted octanol–water partition coefficient (Wildman–Crippen LogP) is 4.63. The Morgan fingerprint density at radius 2 is 1.67 bits per heavy atom. The van der Waals surface area contributed by atoms with Crippen molar-refractivity contribution in [2.24, 2.45) is 11.8 Å². The molecule has 7 heteroatoms. The number of carbonyl (C=O) groups excluding carboxylic acids is 3. The third-order valence-electron chi connectivity index (χ3n) is 7.78. The molecule has 1 heterocycles. The summed E-state index contributed by atoms with van der Waals surface area (Å²) in [6, 6.07) is 7.88. The molecule has 1 aromatic rings. The molecule has 0 unspecified atom stereocenters. The zero-order valence-corrected chi connectivity index (χ0v) is 22.1. The van der Waals surface area contributed by atoms with Crippen LogP contribution in [-0.2, 0) is 23.9 Å². The molecular weight excluding hydrogens is 456 g/mol. The molecule has 1 aromatic carbocycles. The van der Waals surface area contributed by atoms with Crippen LogP contribution in [0.3, 0.4) is 0 Å². The summed E-state index contributed by atoms with van der Waals surface area (Å²) in [6.45, 7) is 3.76. The molecule has 1 N–H and O–H groups in total. The van der Waals surface area contributed by atoms with Gasteiger partial charge in [-0.25, -0.2) is 4.79 Å². The summed E-state index contributed by atoms with van der Waals surface area (Å²) in [5.74, 6) is -2.91. The van der Waals surface area contributed by atoms with Crippen molar-refractivity contribution in [1.29, 1.82) is 0 Å². The van der Waals surface area contributed by atoms with Gasteiger partial charge in [0.05, 0.1) is 12.7 Å². The minimum Gasteiger partial charge on any atom is -0.468 e. The lowest BCUT2D eigenvalue weighted by Gasteiger charge is -2.38. The van der Waals surface area contributed by atoms with Gasteiger partial charge in [0.2, 0.25) is 0 Å². The minimum atomic E-state index is -0.892. The van der Waals surface area contributed by atoms with E-state index in [1.165, 1.54) is 7.11 Å². The third-order valence-corrected chi connectivity index (χ3v) is 7.78. The monoisotopic (exact) mass is 494 g/mol. The lowest BCUT2D eigenvalue weighted by molar-refractivity contribution is -0.151. The Morgan fingerprint density at radius 1 is 1.03 bits per heavy atom. The summed E-state index contributed by atoms with van der Waals surface area (Å²) in [5.41, 5.74) is 4.24. The first kappa shape index (κ1) is 26.0. The van der Waals surface area contributed by atoms with Crippen LogP contribution in [0.2, 0.25) is 0 Å². The standard InChI is InChI=1S/C29H38N2O5/c1-17-16-22-26(27(32)23(17)28(33)35-5)25(19-12-14-20(15-13-19)31(3)4)24(18(2)30-22)29(34)36-21-10-8-6-7-9-11-21/h12-15,17,21,23,25,30H,6-11,16H2,1-5H3/t17-,23+,25-/m0/s1. The molecule has 36 heavy (non-hydrogen) atoms. The lowest BCUT2D eigenvalue weighted by Crippen LogP contribution is -2.43. The number of nitrogens with zero attached hydrogens (tertiary/aromatic N) is 1. The van der Waals surface area contributed by atoms with E-state index in [0.717, 1.165) is 55.5 Å². The van der Waals surface area contributed by atoms with Crippen LogP contribution >= 0.6 is 0 Å². The molecule has 4 rings (SSSR count). The van der Waals surface area contributed by atoms with Crippen LogP contribution < -0.4 is 10.2 Å².